The maximum atomic E-state index is 11.7. The van der Waals surface area contributed by atoms with Crippen molar-refractivity contribution in [1.82, 2.24) is 5.32 Å². The third-order valence-electron chi connectivity index (χ3n) is 1.83. The zero-order chi connectivity index (χ0) is 9.03. The van der Waals surface area contributed by atoms with Crippen molar-refractivity contribution in [3.63, 3.8) is 0 Å². The lowest BCUT2D eigenvalue weighted by Crippen LogP contribution is -2.24. The fourth-order valence-electron chi connectivity index (χ4n) is 1.21. The molecule has 0 aromatic carbocycles. The van der Waals surface area contributed by atoms with E-state index in [9.17, 15) is 13.2 Å². The van der Waals surface area contributed by atoms with Crippen LogP contribution in [0.2, 0.25) is 0 Å². The molecule has 0 saturated carbocycles. The summed E-state index contributed by atoms with van der Waals surface area (Å²) in [7, 11) is 0. The van der Waals surface area contributed by atoms with Gasteiger partial charge >= 0.3 is 6.18 Å². The van der Waals surface area contributed by atoms with Crippen LogP contribution in [0.15, 0.2) is 11.6 Å². The minimum absolute atomic E-state index is 0. The van der Waals surface area contributed by atoms with Crippen molar-refractivity contribution in [2.75, 3.05) is 13.1 Å². The molecular weight excluding hydrogens is 203 g/mol. The molecule has 78 valence electrons. The van der Waals surface area contributed by atoms with Crippen LogP contribution < -0.4 is 5.32 Å². The van der Waals surface area contributed by atoms with Crippen LogP contribution in [0, 0.1) is 0 Å². The Morgan fingerprint density at radius 2 is 2.08 bits per heavy atom. The van der Waals surface area contributed by atoms with Crippen molar-refractivity contribution in [3.8, 4) is 0 Å². The molecule has 1 saturated heterocycles. The lowest BCUT2D eigenvalue weighted by molar-refractivity contribution is -0.125. The zero-order valence-corrected chi connectivity index (χ0v) is 7.97. The Kier molecular flexibility index (Phi) is 5.40. The number of nitrogens with one attached hydrogen (secondary N) is 1. The van der Waals surface area contributed by atoms with Gasteiger partial charge in [-0.1, -0.05) is 11.6 Å². The molecule has 0 spiro atoms. The number of alkyl halides is 3. The van der Waals surface area contributed by atoms with Crippen molar-refractivity contribution in [1.29, 1.82) is 0 Å². The molecule has 0 aromatic rings. The topological polar surface area (TPSA) is 12.0 Å². The van der Waals surface area contributed by atoms with E-state index in [1.807, 2.05) is 0 Å². The van der Waals surface area contributed by atoms with E-state index in [1.54, 1.807) is 0 Å². The molecule has 13 heavy (non-hydrogen) atoms. The van der Waals surface area contributed by atoms with Gasteiger partial charge in [0.2, 0.25) is 0 Å². The monoisotopic (exact) mass is 215 g/mol. The second-order valence-corrected chi connectivity index (χ2v) is 2.96. The Balaban J connectivity index is 0.00000144. The molecule has 0 atom stereocenters. The molecule has 1 heterocycles. The summed E-state index contributed by atoms with van der Waals surface area (Å²) < 4.78 is 35.2. The second kappa shape index (κ2) is 5.50. The van der Waals surface area contributed by atoms with Crippen LogP contribution in [-0.2, 0) is 0 Å². The molecule has 1 aliphatic rings. The largest absolute Gasteiger partial charge is 0.392 e. The van der Waals surface area contributed by atoms with Gasteiger partial charge in [0.15, 0.2) is 0 Å². The van der Waals surface area contributed by atoms with E-state index in [2.05, 4.69) is 5.32 Å². The van der Waals surface area contributed by atoms with E-state index in [4.69, 9.17) is 0 Å². The SMILES string of the molecule is Cl.FC(F)(F)C/C=C1\CCCNC1. The van der Waals surface area contributed by atoms with E-state index in [-0.39, 0.29) is 12.4 Å². The first kappa shape index (κ1) is 12.8. The highest BCUT2D eigenvalue weighted by Gasteiger charge is 2.25. The molecule has 5 heteroatoms. The third-order valence-corrected chi connectivity index (χ3v) is 1.83. The number of allylic oxidation sites excluding steroid dienone is 1. The highest BCUT2D eigenvalue weighted by atomic mass is 35.5. The number of hydrogen-bond acceptors (Lipinski definition) is 1. The summed E-state index contributed by atoms with van der Waals surface area (Å²) in [6.07, 6.45) is -1.78. The van der Waals surface area contributed by atoms with Crippen LogP contribution in [0.4, 0.5) is 13.2 Å². The second-order valence-electron chi connectivity index (χ2n) is 2.96. The van der Waals surface area contributed by atoms with Gasteiger partial charge in [-0.2, -0.15) is 13.2 Å². The molecule has 1 nitrogen and oxygen atoms in total. The molecule has 0 aromatic heterocycles. The van der Waals surface area contributed by atoms with Crippen molar-refractivity contribution < 1.29 is 13.2 Å². The Morgan fingerprint density at radius 1 is 1.38 bits per heavy atom. The van der Waals surface area contributed by atoms with E-state index < -0.39 is 12.6 Å². The van der Waals surface area contributed by atoms with Crippen LogP contribution in [-0.4, -0.2) is 19.3 Å². The summed E-state index contributed by atoms with van der Waals surface area (Å²) in [5.41, 5.74) is 0.888. The van der Waals surface area contributed by atoms with Gasteiger partial charge < -0.3 is 5.32 Å². The maximum Gasteiger partial charge on any atom is 0.392 e. The van der Waals surface area contributed by atoms with Crippen molar-refractivity contribution >= 4 is 12.4 Å². The summed E-state index contributed by atoms with van der Waals surface area (Å²) in [6, 6.07) is 0. The number of hydrogen-bond donors (Lipinski definition) is 1. The van der Waals surface area contributed by atoms with Crippen molar-refractivity contribution in [2.45, 2.75) is 25.4 Å². The normalized spacial score (nSPS) is 21.3. The van der Waals surface area contributed by atoms with Crippen LogP contribution >= 0.6 is 12.4 Å². The van der Waals surface area contributed by atoms with E-state index in [1.165, 1.54) is 6.08 Å². The van der Waals surface area contributed by atoms with Crippen molar-refractivity contribution in [3.05, 3.63) is 11.6 Å². The molecule has 0 radical (unpaired) electrons. The number of rotatable bonds is 1. The number of halogens is 4. The quantitative estimate of drug-likeness (QED) is 0.664. The maximum absolute atomic E-state index is 11.7. The molecule has 1 aliphatic heterocycles. The summed E-state index contributed by atoms with van der Waals surface area (Å²) in [5, 5.41) is 3.04. The average Bonchev–Trinajstić information content (AvgIpc) is 2.02. The summed E-state index contributed by atoms with van der Waals surface area (Å²) >= 11 is 0. The summed E-state index contributed by atoms with van der Waals surface area (Å²) in [4.78, 5) is 0. The van der Waals surface area contributed by atoms with Gasteiger partial charge in [-0.3, -0.25) is 0 Å². The molecule has 1 fully saturated rings. The molecule has 0 unspecified atom stereocenters. The standard InChI is InChI=1S/C8H12F3N.ClH/c9-8(10,11)4-3-7-2-1-5-12-6-7;/h3,12H,1-2,4-6H2;1H/b7-3+;. The molecular formula is C8H13ClF3N. The van der Waals surface area contributed by atoms with Crippen LogP contribution in [0.3, 0.4) is 0 Å². The Bertz CT molecular complexity index is 169. The first-order valence-corrected chi connectivity index (χ1v) is 4.03. The predicted octanol–water partition coefficient (Wildman–Crippen LogP) is 2.67. The minimum Gasteiger partial charge on any atom is -0.313 e. The number of piperidine rings is 1. The zero-order valence-electron chi connectivity index (χ0n) is 7.16. The lowest BCUT2D eigenvalue weighted by Gasteiger charge is -2.15. The van der Waals surface area contributed by atoms with Crippen molar-refractivity contribution in [2.24, 2.45) is 0 Å². The van der Waals surface area contributed by atoms with Gasteiger partial charge in [0.1, 0.15) is 0 Å². The van der Waals surface area contributed by atoms with Gasteiger partial charge in [0.05, 0.1) is 6.42 Å². The average molecular weight is 216 g/mol. The van der Waals surface area contributed by atoms with E-state index in [0.29, 0.717) is 6.54 Å². The van der Waals surface area contributed by atoms with Crippen LogP contribution in [0.1, 0.15) is 19.3 Å². The molecule has 0 aliphatic carbocycles. The van der Waals surface area contributed by atoms with Gasteiger partial charge in [0, 0.05) is 6.54 Å². The van der Waals surface area contributed by atoms with E-state index >= 15 is 0 Å². The third kappa shape index (κ3) is 5.93. The fourth-order valence-corrected chi connectivity index (χ4v) is 1.21. The van der Waals surface area contributed by atoms with Gasteiger partial charge in [0.25, 0.3) is 0 Å². The first-order valence-electron chi connectivity index (χ1n) is 4.03. The highest BCUT2D eigenvalue weighted by Crippen LogP contribution is 2.22. The van der Waals surface area contributed by atoms with E-state index in [0.717, 1.165) is 25.0 Å². The highest BCUT2D eigenvalue weighted by molar-refractivity contribution is 5.85. The Labute approximate surface area is 81.8 Å². The van der Waals surface area contributed by atoms with Crippen LogP contribution in [0.25, 0.3) is 0 Å². The molecule has 0 amide bonds. The van der Waals surface area contributed by atoms with Gasteiger partial charge in [-0.05, 0) is 19.4 Å². The fraction of sp³-hybridized carbons (Fsp3) is 0.750. The minimum atomic E-state index is -4.05. The summed E-state index contributed by atoms with van der Waals surface area (Å²) in [6.45, 7) is 1.54. The predicted molar refractivity (Wildman–Crippen MR) is 48.1 cm³/mol. The first-order chi connectivity index (χ1) is 5.58. The van der Waals surface area contributed by atoms with Gasteiger partial charge in [-0.15, -0.1) is 12.4 Å². The summed E-state index contributed by atoms with van der Waals surface area (Å²) in [5.74, 6) is 0. The Hall–Kier alpha value is -0.220. The van der Waals surface area contributed by atoms with Crippen LogP contribution in [0.5, 0.6) is 0 Å². The molecule has 1 N–H and O–H groups in total. The van der Waals surface area contributed by atoms with Gasteiger partial charge in [-0.25, -0.2) is 0 Å². The smallest absolute Gasteiger partial charge is 0.313 e. The molecule has 0 bridgehead atoms. The lowest BCUT2D eigenvalue weighted by atomic mass is 10.1. The molecule has 1 rings (SSSR count). The Morgan fingerprint density at radius 3 is 2.54 bits per heavy atom.